The van der Waals surface area contributed by atoms with Crippen LogP contribution in [0.3, 0.4) is 0 Å². The maximum absolute atomic E-state index is 14.3. The number of rotatable bonds is 6. The Kier molecular flexibility index (Phi) is 5.80. The molecule has 7 nitrogen and oxygen atoms in total. The van der Waals surface area contributed by atoms with Gasteiger partial charge in [0, 0.05) is 23.5 Å². The molecule has 0 amide bonds. The van der Waals surface area contributed by atoms with Crippen molar-refractivity contribution in [2.24, 2.45) is 0 Å². The van der Waals surface area contributed by atoms with Gasteiger partial charge < -0.3 is 10.6 Å². The molecule has 2 N–H and O–H groups in total. The number of hydrogen-bond acceptors (Lipinski definition) is 7. The van der Waals surface area contributed by atoms with Gasteiger partial charge in [0.2, 0.25) is 17.0 Å². The predicted molar refractivity (Wildman–Crippen MR) is 115 cm³/mol. The van der Waals surface area contributed by atoms with Gasteiger partial charge in [0.15, 0.2) is 5.82 Å². The summed E-state index contributed by atoms with van der Waals surface area (Å²) in [5, 5.41) is 5.84. The van der Waals surface area contributed by atoms with Crippen LogP contribution in [0.2, 0.25) is 0 Å². The van der Waals surface area contributed by atoms with E-state index in [4.69, 9.17) is 0 Å². The minimum atomic E-state index is -1.61. The normalized spacial score (nSPS) is 14.6. The molecule has 30 heavy (non-hydrogen) atoms. The first kappa shape index (κ1) is 20.1. The van der Waals surface area contributed by atoms with Crippen LogP contribution in [0, 0.1) is 5.82 Å². The highest BCUT2D eigenvalue weighted by Crippen LogP contribution is 2.26. The highest BCUT2D eigenvalue weighted by molar-refractivity contribution is 8.00. The summed E-state index contributed by atoms with van der Waals surface area (Å²) in [7, 11) is -1.61. The molecule has 1 saturated carbocycles. The lowest BCUT2D eigenvalue weighted by Gasteiger charge is -2.26. The Balaban J connectivity index is 1.68. The van der Waals surface area contributed by atoms with Crippen LogP contribution in [-0.2, 0) is 10.8 Å². The highest BCUT2D eigenvalue weighted by atomic mass is 32.2. The average Bonchev–Trinajstić information content (AvgIpc) is 2.70. The zero-order valence-electron chi connectivity index (χ0n) is 16.3. The van der Waals surface area contributed by atoms with Crippen LogP contribution in [0.15, 0.2) is 48.5 Å². The first-order valence-electron chi connectivity index (χ1n) is 9.52. The number of halogens is 1. The van der Waals surface area contributed by atoms with Crippen LogP contribution in [-0.4, -0.2) is 36.6 Å². The standard InChI is InChI=1S/C21H20FN5O2S/c1-30(29)19(28)13-6-4-9-15(12-13)24-21-26-18(16-10-2-3-11-17(16)22)25-20(27-21)23-14-7-5-8-14/h2-4,6,9-12,14H,5,7-8H2,1H3,(H2,23,24,25,26,27). The summed E-state index contributed by atoms with van der Waals surface area (Å²) in [5.41, 5.74) is 1.13. The van der Waals surface area contributed by atoms with E-state index in [0.717, 1.165) is 19.3 Å². The minimum absolute atomic E-state index is 0.203. The summed E-state index contributed by atoms with van der Waals surface area (Å²) in [6.07, 6.45) is 4.55. The zero-order valence-corrected chi connectivity index (χ0v) is 17.1. The van der Waals surface area contributed by atoms with E-state index >= 15 is 0 Å². The van der Waals surface area contributed by atoms with E-state index in [-0.39, 0.29) is 23.4 Å². The van der Waals surface area contributed by atoms with E-state index in [9.17, 15) is 13.4 Å². The summed E-state index contributed by atoms with van der Waals surface area (Å²) in [6, 6.07) is 13.2. The second-order valence-corrected chi connectivity index (χ2v) is 8.28. The van der Waals surface area contributed by atoms with Crippen molar-refractivity contribution in [3.63, 3.8) is 0 Å². The third kappa shape index (κ3) is 4.51. The number of hydrogen-bond donors (Lipinski definition) is 2. The largest absolute Gasteiger partial charge is 0.351 e. The van der Waals surface area contributed by atoms with E-state index in [2.05, 4.69) is 25.6 Å². The number of carbonyl (C=O) groups excluding carboxylic acids is 1. The zero-order chi connectivity index (χ0) is 21.1. The Morgan fingerprint density at radius 1 is 1.07 bits per heavy atom. The van der Waals surface area contributed by atoms with Crippen LogP contribution in [0.1, 0.15) is 29.6 Å². The molecule has 1 atom stereocenters. The molecule has 4 rings (SSSR count). The van der Waals surface area contributed by atoms with Crippen LogP contribution < -0.4 is 10.6 Å². The second-order valence-electron chi connectivity index (χ2n) is 7.01. The fourth-order valence-corrected chi connectivity index (χ4v) is 3.47. The third-order valence-corrected chi connectivity index (χ3v) is 5.56. The number of benzene rings is 2. The summed E-state index contributed by atoms with van der Waals surface area (Å²) in [5.74, 6) is 0.348. The van der Waals surface area contributed by atoms with Gasteiger partial charge in [0.05, 0.1) is 16.4 Å². The number of nitrogens with one attached hydrogen (secondary N) is 2. The van der Waals surface area contributed by atoms with Gasteiger partial charge in [-0.3, -0.25) is 9.00 Å². The molecular weight excluding hydrogens is 405 g/mol. The Morgan fingerprint density at radius 2 is 1.83 bits per heavy atom. The second kappa shape index (κ2) is 8.66. The summed E-state index contributed by atoms with van der Waals surface area (Å²) in [4.78, 5) is 25.2. The van der Waals surface area contributed by atoms with Crippen molar-refractivity contribution in [2.45, 2.75) is 25.3 Å². The molecule has 1 heterocycles. The van der Waals surface area contributed by atoms with E-state index in [1.54, 1.807) is 42.5 Å². The van der Waals surface area contributed by atoms with Crippen molar-refractivity contribution in [1.82, 2.24) is 15.0 Å². The SMILES string of the molecule is CS(=O)C(=O)c1cccc(Nc2nc(NC3CCC3)nc(-c3ccccc3F)n2)c1. The summed E-state index contributed by atoms with van der Waals surface area (Å²) in [6.45, 7) is 0. The van der Waals surface area contributed by atoms with Crippen molar-refractivity contribution < 1.29 is 13.4 Å². The third-order valence-electron chi connectivity index (χ3n) is 4.80. The van der Waals surface area contributed by atoms with E-state index in [0.29, 0.717) is 17.2 Å². The van der Waals surface area contributed by atoms with Crippen molar-refractivity contribution in [2.75, 3.05) is 16.9 Å². The van der Waals surface area contributed by atoms with Crippen LogP contribution in [0.5, 0.6) is 0 Å². The van der Waals surface area contributed by atoms with Gasteiger partial charge in [-0.2, -0.15) is 15.0 Å². The lowest BCUT2D eigenvalue weighted by Crippen LogP contribution is -2.28. The first-order chi connectivity index (χ1) is 14.5. The fourth-order valence-electron chi connectivity index (χ4n) is 3.01. The summed E-state index contributed by atoms with van der Waals surface area (Å²) < 4.78 is 25.8. The van der Waals surface area contributed by atoms with Gasteiger partial charge in [-0.15, -0.1) is 0 Å². The van der Waals surface area contributed by atoms with Crippen molar-refractivity contribution >= 4 is 33.5 Å². The Bertz CT molecular complexity index is 1120. The van der Waals surface area contributed by atoms with Gasteiger partial charge in [0.25, 0.3) is 0 Å². The lowest BCUT2D eigenvalue weighted by atomic mass is 9.93. The van der Waals surface area contributed by atoms with Gasteiger partial charge >= 0.3 is 0 Å². The predicted octanol–water partition coefficient (Wildman–Crippen LogP) is 3.90. The van der Waals surface area contributed by atoms with Crippen molar-refractivity contribution in [3.05, 3.63) is 59.9 Å². The molecule has 1 fully saturated rings. The van der Waals surface area contributed by atoms with E-state index in [1.807, 2.05) is 0 Å². The molecule has 0 aliphatic heterocycles. The molecular formula is C21H20FN5O2S. The van der Waals surface area contributed by atoms with Crippen LogP contribution in [0.25, 0.3) is 11.4 Å². The smallest absolute Gasteiger partial charge is 0.249 e. The maximum Gasteiger partial charge on any atom is 0.249 e. The maximum atomic E-state index is 14.3. The Hall–Kier alpha value is -3.20. The fraction of sp³-hybridized carbons (Fsp3) is 0.238. The first-order valence-corrected chi connectivity index (χ1v) is 11.1. The van der Waals surface area contributed by atoms with Gasteiger partial charge in [0.1, 0.15) is 5.82 Å². The number of nitrogens with zero attached hydrogens (tertiary/aromatic N) is 3. The lowest BCUT2D eigenvalue weighted by molar-refractivity contribution is 0.108. The molecule has 2 aromatic carbocycles. The summed E-state index contributed by atoms with van der Waals surface area (Å²) >= 11 is 0. The number of anilines is 3. The molecule has 9 heteroatoms. The molecule has 0 saturated heterocycles. The van der Waals surface area contributed by atoms with Gasteiger partial charge in [-0.1, -0.05) is 24.3 Å². The number of carbonyl (C=O) groups is 1. The van der Waals surface area contributed by atoms with E-state index < -0.39 is 21.7 Å². The highest BCUT2D eigenvalue weighted by Gasteiger charge is 2.20. The average molecular weight is 425 g/mol. The molecule has 0 spiro atoms. The minimum Gasteiger partial charge on any atom is -0.351 e. The van der Waals surface area contributed by atoms with Crippen LogP contribution >= 0.6 is 0 Å². The molecule has 1 aliphatic carbocycles. The van der Waals surface area contributed by atoms with Gasteiger partial charge in [-0.05, 0) is 43.5 Å². The quantitative estimate of drug-likeness (QED) is 0.618. The Morgan fingerprint density at radius 3 is 2.53 bits per heavy atom. The molecule has 0 radical (unpaired) electrons. The van der Waals surface area contributed by atoms with E-state index in [1.165, 1.54) is 12.3 Å². The van der Waals surface area contributed by atoms with Crippen molar-refractivity contribution in [1.29, 1.82) is 0 Å². The topological polar surface area (TPSA) is 96.9 Å². The monoisotopic (exact) mass is 425 g/mol. The van der Waals surface area contributed by atoms with Crippen LogP contribution in [0.4, 0.5) is 22.0 Å². The number of aromatic nitrogens is 3. The molecule has 3 aromatic rings. The van der Waals surface area contributed by atoms with Crippen molar-refractivity contribution in [3.8, 4) is 11.4 Å². The Labute approximate surface area is 175 Å². The van der Waals surface area contributed by atoms with Gasteiger partial charge in [-0.25, -0.2) is 4.39 Å². The molecule has 1 unspecified atom stereocenters. The molecule has 0 bridgehead atoms. The molecule has 154 valence electrons. The molecule has 1 aromatic heterocycles. The molecule has 1 aliphatic rings.